The monoisotopic (exact) mass is 490 g/mol. The van der Waals surface area contributed by atoms with E-state index < -0.39 is 6.61 Å². The molecular weight excluding hydrogens is 465 g/mol. The molecule has 0 radical (unpaired) electrons. The van der Waals surface area contributed by atoms with Crippen LogP contribution in [0.15, 0.2) is 23.2 Å². The van der Waals surface area contributed by atoms with Gasteiger partial charge in [0.05, 0.1) is 0 Å². The van der Waals surface area contributed by atoms with Crippen molar-refractivity contribution in [3.05, 3.63) is 28.8 Å². The van der Waals surface area contributed by atoms with Gasteiger partial charge in [-0.05, 0) is 39.0 Å². The van der Waals surface area contributed by atoms with Crippen molar-refractivity contribution in [3.63, 3.8) is 0 Å². The summed E-state index contributed by atoms with van der Waals surface area (Å²) in [6, 6.07) is 4.52. The van der Waals surface area contributed by atoms with E-state index in [0.29, 0.717) is 23.1 Å². The largest absolute Gasteiger partial charge is 0.434 e. The van der Waals surface area contributed by atoms with Crippen LogP contribution in [-0.2, 0) is 6.54 Å². The van der Waals surface area contributed by atoms with Gasteiger partial charge in [-0.1, -0.05) is 11.6 Å². The summed E-state index contributed by atoms with van der Waals surface area (Å²) in [6.45, 7) is 5.08. The van der Waals surface area contributed by atoms with Crippen LogP contribution in [0, 0.1) is 0 Å². The maximum absolute atomic E-state index is 12.4. The zero-order chi connectivity index (χ0) is 18.2. The molecule has 0 fully saturated rings. The van der Waals surface area contributed by atoms with Gasteiger partial charge >= 0.3 is 6.61 Å². The van der Waals surface area contributed by atoms with E-state index in [9.17, 15) is 8.78 Å². The highest BCUT2D eigenvalue weighted by molar-refractivity contribution is 14.0. The van der Waals surface area contributed by atoms with Crippen LogP contribution in [0.25, 0.3) is 0 Å². The van der Waals surface area contributed by atoms with Crippen LogP contribution in [0.5, 0.6) is 5.75 Å². The summed E-state index contributed by atoms with van der Waals surface area (Å²) < 4.78 is 29.4. The van der Waals surface area contributed by atoms with Gasteiger partial charge in [-0.3, -0.25) is 4.99 Å². The van der Waals surface area contributed by atoms with Gasteiger partial charge < -0.3 is 20.7 Å². The van der Waals surface area contributed by atoms with Crippen molar-refractivity contribution in [3.8, 4) is 5.75 Å². The minimum absolute atomic E-state index is 0. The molecule has 0 heterocycles. The Morgan fingerprint density at radius 2 is 1.92 bits per heavy atom. The van der Waals surface area contributed by atoms with Crippen LogP contribution in [-0.4, -0.2) is 38.2 Å². The highest BCUT2D eigenvalue weighted by Crippen LogP contribution is 2.24. The molecule has 1 aromatic rings. The number of aliphatic imine (C=N–C) groups is 1. The lowest BCUT2D eigenvalue weighted by molar-refractivity contribution is -0.0504. The van der Waals surface area contributed by atoms with Gasteiger partial charge in [-0.2, -0.15) is 8.78 Å². The Labute approximate surface area is 170 Å². The van der Waals surface area contributed by atoms with Crippen LogP contribution < -0.4 is 20.7 Å². The lowest BCUT2D eigenvalue weighted by Crippen LogP contribution is -2.44. The number of benzene rings is 1. The van der Waals surface area contributed by atoms with E-state index in [1.165, 1.54) is 12.1 Å². The maximum Gasteiger partial charge on any atom is 0.387 e. The Morgan fingerprint density at radius 3 is 2.48 bits per heavy atom. The number of alkyl halides is 2. The summed E-state index contributed by atoms with van der Waals surface area (Å²) in [7, 11) is 1.64. The summed E-state index contributed by atoms with van der Waals surface area (Å²) in [5, 5.41) is 9.99. The molecular formula is C16H26ClF2IN4O. The molecule has 1 aromatic carbocycles. The second-order valence-electron chi connectivity index (χ2n) is 6.16. The van der Waals surface area contributed by atoms with Crippen LogP contribution in [0.1, 0.15) is 26.3 Å². The van der Waals surface area contributed by atoms with Gasteiger partial charge in [0.2, 0.25) is 0 Å². The number of nitrogens with zero attached hydrogens (tertiary/aromatic N) is 1. The second-order valence-corrected chi connectivity index (χ2v) is 6.60. The van der Waals surface area contributed by atoms with Crippen molar-refractivity contribution < 1.29 is 13.5 Å². The van der Waals surface area contributed by atoms with Gasteiger partial charge in [-0.25, -0.2) is 0 Å². The van der Waals surface area contributed by atoms with Gasteiger partial charge in [0.15, 0.2) is 5.96 Å². The molecule has 1 rings (SSSR count). The molecule has 3 N–H and O–H groups in total. The van der Waals surface area contributed by atoms with Crippen molar-refractivity contribution in [2.45, 2.75) is 39.5 Å². The molecule has 0 saturated carbocycles. The summed E-state index contributed by atoms with van der Waals surface area (Å²) >= 11 is 5.92. The van der Waals surface area contributed by atoms with E-state index in [4.69, 9.17) is 11.6 Å². The maximum atomic E-state index is 12.4. The van der Waals surface area contributed by atoms with Gasteiger partial charge in [-0.15, -0.1) is 24.0 Å². The Hall–Kier alpha value is -0.870. The highest BCUT2D eigenvalue weighted by Gasteiger charge is 2.11. The summed E-state index contributed by atoms with van der Waals surface area (Å²) in [5.41, 5.74) is 0.569. The first-order chi connectivity index (χ1) is 11.2. The molecule has 0 amide bonds. The molecule has 0 aromatic heterocycles. The van der Waals surface area contributed by atoms with Crippen LogP contribution in [0.2, 0.25) is 5.02 Å². The number of hydrogen-bond acceptors (Lipinski definition) is 3. The van der Waals surface area contributed by atoms with Crippen LogP contribution >= 0.6 is 35.6 Å². The van der Waals surface area contributed by atoms with E-state index >= 15 is 0 Å². The van der Waals surface area contributed by atoms with Gasteiger partial charge in [0.1, 0.15) is 5.75 Å². The quantitative estimate of drug-likeness (QED) is 0.237. The molecule has 5 nitrogen and oxygen atoms in total. The fourth-order valence-corrected chi connectivity index (χ4v) is 2.11. The average molecular weight is 491 g/mol. The van der Waals surface area contributed by atoms with Crippen LogP contribution in [0.4, 0.5) is 8.78 Å². The molecule has 0 aliphatic rings. The second kappa shape index (κ2) is 11.7. The van der Waals surface area contributed by atoms with Crippen LogP contribution in [0.3, 0.4) is 0 Å². The third-order valence-corrected chi connectivity index (χ3v) is 3.22. The molecule has 0 aliphatic carbocycles. The van der Waals surface area contributed by atoms with E-state index in [2.05, 4.69) is 46.5 Å². The Morgan fingerprint density at radius 1 is 1.24 bits per heavy atom. The number of ether oxygens (including phenoxy) is 1. The van der Waals surface area contributed by atoms with Crippen molar-refractivity contribution in [2.24, 2.45) is 4.99 Å². The topological polar surface area (TPSA) is 57.7 Å². The number of hydrogen-bond donors (Lipinski definition) is 3. The normalized spacial score (nSPS) is 11.9. The molecule has 0 atom stereocenters. The summed E-state index contributed by atoms with van der Waals surface area (Å²) in [5.74, 6) is 0.653. The van der Waals surface area contributed by atoms with Gasteiger partial charge in [0, 0.05) is 42.8 Å². The number of halogens is 4. The third kappa shape index (κ3) is 10.7. The minimum atomic E-state index is -2.88. The lowest BCUT2D eigenvalue weighted by Gasteiger charge is -2.21. The van der Waals surface area contributed by atoms with E-state index in [-0.39, 0.29) is 41.8 Å². The predicted molar refractivity (Wildman–Crippen MR) is 109 cm³/mol. The molecule has 0 spiro atoms. The average Bonchev–Trinajstić information content (AvgIpc) is 2.47. The molecule has 144 valence electrons. The van der Waals surface area contributed by atoms with Crippen molar-refractivity contribution >= 4 is 41.5 Å². The third-order valence-electron chi connectivity index (χ3n) is 2.98. The van der Waals surface area contributed by atoms with Crippen molar-refractivity contribution in [1.29, 1.82) is 0 Å². The first-order valence-electron chi connectivity index (χ1n) is 7.64. The lowest BCUT2D eigenvalue weighted by atomic mass is 10.1. The van der Waals surface area contributed by atoms with E-state index in [1.807, 2.05) is 0 Å². The summed E-state index contributed by atoms with van der Waals surface area (Å²) in [6.07, 6.45) is 0. The molecule has 0 bridgehead atoms. The van der Waals surface area contributed by atoms with E-state index in [0.717, 1.165) is 6.54 Å². The smallest absolute Gasteiger partial charge is 0.387 e. The standard InChI is InChI=1S/C16H25ClF2N4O.HI/c1-16(2,3)23-8-7-21-15(20-4)22-10-11-9-12(17)5-6-13(11)24-14(18)19;/h5-6,9,14,23H,7-8,10H2,1-4H3,(H2,20,21,22);1H. The van der Waals surface area contributed by atoms with Crippen molar-refractivity contribution in [1.82, 2.24) is 16.0 Å². The van der Waals surface area contributed by atoms with Crippen molar-refractivity contribution in [2.75, 3.05) is 20.1 Å². The SMILES string of the molecule is CN=C(NCCNC(C)(C)C)NCc1cc(Cl)ccc1OC(F)F.I. The molecule has 0 aliphatic heterocycles. The number of guanidine groups is 1. The molecule has 25 heavy (non-hydrogen) atoms. The molecule has 0 unspecified atom stereocenters. The Balaban J connectivity index is 0.00000576. The number of nitrogens with one attached hydrogen (secondary N) is 3. The minimum Gasteiger partial charge on any atom is -0.434 e. The van der Waals surface area contributed by atoms with Gasteiger partial charge in [0.25, 0.3) is 0 Å². The predicted octanol–water partition coefficient (Wildman–Crippen LogP) is 3.61. The highest BCUT2D eigenvalue weighted by atomic mass is 127. The fourth-order valence-electron chi connectivity index (χ4n) is 1.92. The first kappa shape index (κ1) is 24.1. The molecule has 9 heteroatoms. The fraction of sp³-hybridized carbons (Fsp3) is 0.562. The first-order valence-corrected chi connectivity index (χ1v) is 8.02. The zero-order valence-corrected chi connectivity index (χ0v) is 17.9. The van der Waals surface area contributed by atoms with E-state index in [1.54, 1.807) is 13.1 Å². The zero-order valence-electron chi connectivity index (χ0n) is 14.8. The summed E-state index contributed by atoms with van der Waals surface area (Å²) in [4.78, 5) is 4.09. The Kier molecular flexibility index (Phi) is 11.3. The number of rotatable bonds is 7. The molecule has 0 saturated heterocycles. The Bertz CT molecular complexity index is 553.